The SMILES string of the molecule is CNC(Cc1cccc(Br)c1)c1ccc(OC)c(Br)c1. The fourth-order valence-corrected chi connectivity index (χ4v) is 3.19. The summed E-state index contributed by atoms with van der Waals surface area (Å²) in [5, 5.41) is 3.37. The molecular formula is C16H17Br2NO. The smallest absolute Gasteiger partial charge is 0.133 e. The van der Waals surface area contributed by atoms with Crippen LogP contribution in [0, 0.1) is 0 Å². The number of rotatable bonds is 5. The molecule has 2 nitrogen and oxygen atoms in total. The van der Waals surface area contributed by atoms with Crippen molar-refractivity contribution in [3.63, 3.8) is 0 Å². The summed E-state index contributed by atoms with van der Waals surface area (Å²) in [4.78, 5) is 0. The van der Waals surface area contributed by atoms with Crippen molar-refractivity contribution in [2.45, 2.75) is 12.5 Å². The Morgan fingerprint density at radius 1 is 1.15 bits per heavy atom. The molecule has 1 unspecified atom stereocenters. The second kappa shape index (κ2) is 7.25. The minimum absolute atomic E-state index is 0.270. The molecule has 0 amide bonds. The van der Waals surface area contributed by atoms with Crippen molar-refractivity contribution in [2.24, 2.45) is 0 Å². The maximum absolute atomic E-state index is 5.27. The van der Waals surface area contributed by atoms with Crippen LogP contribution in [0.15, 0.2) is 51.4 Å². The van der Waals surface area contributed by atoms with Crippen LogP contribution in [0.4, 0.5) is 0 Å². The van der Waals surface area contributed by atoms with Gasteiger partial charge in [-0.2, -0.15) is 0 Å². The Balaban J connectivity index is 2.22. The molecule has 0 saturated heterocycles. The lowest BCUT2D eigenvalue weighted by Crippen LogP contribution is -2.18. The molecule has 20 heavy (non-hydrogen) atoms. The van der Waals surface area contributed by atoms with Crippen molar-refractivity contribution in [2.75, 3.05) is 14.2 Å². The molecule has 4 heteroatoms. The van der Waals surface area contributed by atoms with Gasteiger partial charge in [0.25, 0.3) is 0 Å². The van der Waals surface area contributed by atoms with E-state index in [2.05, 4.69) is 67.5 Å². The van der Waals surface area contributed by atoms with Gasteiger partial charge in [0.15, 0.2) is 0 Å². The van der Waals surface area contributed by atoms with Gasteiger partial charge in [-0.05, 0) is 64.8 Å². The van der Waals surface area contributed by atoms with E-state index in [1.807, 2.05) is 19.2 Å². The minimum atomic E-state index is 0.270. The Morgan fingerprint density at radius 3 is 2.55 bits per heavy atom. The lowest BCUT2D eigenvalue weighted by atomic mass is 9.99. The van der Waals surface area contributed by atoms with E-state index < -0.39 is 0 Å². The van der Waals surface area contributed by atoms with E-state index in [-0.39, 0.29) is 6.04 Å². The maximum atomic E-state index is 5.27. The predicted molar refractivity (Wildman–Crippen MR) is 90.3 cm³/mol. The zero-order chi connectivity index (χ0) is 14.5. The zero-order valence-corrected chi connectivity index (χ0v) is 14.7. The summed E-state index contributed by atoms with van der Waals surface area (Å²) in [6.45, 7) is 0. The number of halogens is 2. The fraction of sp³-hybridized carbons (Fsp3) is 0.250. The summed E-state index contributed by atoms with van der Waals surface area (Å²) in [6.07, 6.45) is 0.939. The Morgan fingerprint density at radius 2 is 1.95 bits per heavy atom. The molecule has 0 fully saturated rings. The van der Waals surface area contributed by atoms with Crippen LogP contribution in [0.5, 0.6) is 5.75 Å². The molecule has 0 aliphatic rings. The molecule has 2 aromatic carbocycles. The number of hydrogen-bond donors (Lipinski definition) is 1. The largest absolute Gasteiger partial charge is 0.496 e. The standard InChI is InChI=1S/C16H17Br2NO/c1-19-15(9-11-4-3-5-13(17)8-11)12-6-7-16(20-2)14(18)10-12/h3-8,10,15,19H,9H2,1-2H3. The third kappa shape index (κ3) is 3.84. The third-order valence-electron chi connectivity index (χ3n) is 3.26. The number of ether oxygens (including phenoxy) is 1. The summed E-state index contributed by atoms with van der Waals surface area (Å²) in [7, 11) is 3.66. The normalized spacial score (nSPS) is 12.2. The van der Waals surface area contributed by atoms with E-state index in [0.29, 0.717) is 0 Å². The van der Waals surface area contributed by atoms with Crippen molar-refractivity contribution in [1.82, 2.24) is 5.32 Å². The average Bonchev–Trinajstić information content (AvgIpc) is 2.44. The molecule has 0 bridgehead atoms. The number of benzene rings is 2. The summed E-state index contributed by atoms with van der Waals surface area (Å²) in [5.41, 5.74) is 2.53. The highest BCUT2D eigenvalue weighted by Gasteiger charge is 2.12. The predicted octanol–water partition coefficient (Wildman–Crippen LogP) is 4.72. The molecular weight excluding hydrogens is 382 g/mol. The summed E-state index contributed by atoms with van der Waals surface area (Å²) >= 11 is 7.06. The number of nitrogens with one attached hydrogen (secondary N) is 1. The molecule has 0 heterocycles. The monoisotopic (exact) mass is 397 g/mol. The van der Waals surface area contributed by atoms with E-state index in [1.54, 1.807) is 7.11 Å². The highest BCUT2D eigenvalue weighted by molar-refractivity contribution is 9.10. The first-order valence-corrected chi connectivity index (χ1v) is 7.97. The van der Waals surface area contributed by atoms with Gasteiger partial charge < -0.3 is 10.1 Å². The molecule has 1 N–H and O–H groups in total. The van der Waals surface area contributed by atoms with Crippen molar-refractivity contribution in [1.29, 1.82) is 0 Å². The van der Waals surface area contributed by atoms with Crippen LogP contribution in [-0.2, 0) is 6.42 Å². The van der Waals surface area contributed by atoms with E-state index >= 15 is 0 Å². The van der Waals surface area contributed by atoms with Crippen molar-refractivity contribution in [3.05, 3.63) is 62.5 Å². The summed E-state index contributed by atoms with van der Waals surface area (Å²) in [5.74, 6) is 0.853. The van der Waals surface area contributed by atoms with Gasteiger partial charge in [-0.15, -0.1) is 0 Å². The van der Waals surface area contributed by atoms with Gasteiger partial charge in [0, 0.05) is 10.5 Å². The quantitative estimate of drug-likeness (QED) is 0.786. The zero-order valence-electron chi connectivity index (χ0n) is 11.5. The van der Waals surface area contributed by atoms with Gasteiger partial charge in [-0.3, -0.25) is 0 Å². The number of methoxy groups -OCH3 is 1. The first-order chi connectivity index (χ1) is 9.63. The molecule has 0 aliphatic heterocycles. The van der Waals surface area contributed by atoms with Crippen molar-refractivity contribution < 1.29 is 4.74 Å². The lowest BCUT2D eigenvalue weighted by Gasteiger charge is -2.18. The van der Waals surface area contributed by atoms with Gasteiger partial charge in [0.05, 0.1) is 11.6 Å². The number of hydrogen-bond acceptors (Lipinski definition) is 2. The first kappa shape index (κ1) is 15.5. The van der Waals surface area contributed by atoms with Crippen LogP contribution >= 0.6 is 31.9 Å². The molecule has 0 aromatic heterocycles. The summed E-state index contributed by atoms with van der Waals surface area (Å²) in [6, 6.07) is 14.9. The molecule has 0 radical (unpaired) electrons. The van der Waals surface area contributed by atoms with Gasteiger partial charge in [-0.25, -0.2) is 0 Å². The van der Waals surface area contributed by atoms with E-state index in [4.69, 9.17) is 4.74 Å². The topological polar surface area (TPSA) is 21.3 Å². The van der Waals surface area contributed by atoms with Gasteiger partial charge >= 0.3 is 0 Å². The number of likely N-dealkylation sites (N-methyl/N-ethyl adjacent to an activating group) is 1. The molecule has 0 spiro atoms. The highest BCUT2D eigenvalue weighted by Crippen LogP contribution is 2.29. The lowest BCUT2D eigenvalue weighted by molar-refractivity contribution is 0.411. The van der Waals surface area contributed by atoms with Crippen LogP contribution in [0.2, 0.25) is 0 Å². The van der Waals surface area contributed by atoms with Gasteiger partial charge in [-0.1, -0.05) is 34.1 Å². The first-order valence-electron chi connectivity index (χ1n) is 6.39. The Kier molecular flexibility index (Phi) is 5.64. The van der Waals surface area contributed by atoms with E-state index in [1.165, 1.54) is 11.1 Å². The molecule has 1 atom stereocenters. The Hall–Kier alpha value is -0.840. The van der Waals surface area contributed by atoms with E-state index in [9.17, 15) is 0 Å². The molecule has 2 rings (SSSR count). The van der Waals surface area contributed by atoms with Crippen molar-refractivity contribution in [3.8, 4) is 5.75 Å². The Bertz CT molecular complexity index is 586. The minimum Gasteiger partial charge on any atom is -0.496 e. The molecule has 0 saturated carbocycles. The van der Waals surface area contributed by atoms with Crippen molar-refractivity contribution >= 4 is 31.9 Å². The second-order valence-electron chi connectivity index (χ2n) is 4.57. The maximum Gasteiger partial charge on any atom is 0.133 e. The summed E-state index contributed by atoms with van der Waals surface area (Å²) < 4.78 is 7.36. The van der Waals surface area contributed by atoms with Crippen LogP contribution in [-0.4, -0.2) is 14.2 Å². The van der Waals surface area contributed by atoms with E-state index in [0.717, 1.165) is 21.1 Å². The van der Waals surface area contributed by atoms with Crippen LogP contribution in [0.25, 0.3) is 0 Å². The molecule has 0 aliphatic carbocycles. The van der Waals surface area contributed by atoms with Crippen LogP contribution in [0.1, 0.15) is 17.2 Å². The highest BCUT2D eigenvalue weighted by atomic mass is 79.9. The Labute approximate surface area is 136 Å². The fourth-order valence-electron chi connectivity index (χ4n) is 2.19. The second-order valence-corrected chi connectivity index (χ2v) is 6.34. The third-order valence-corrected chi connectivity index (χ3v) is 4.37. The average molecular weight is 399 g/mol. The van der Waals surface area contributed by atoms with Gasteiger partial charge in [0.1, 0.15) is 5.75 Å². The van der Waals surface area contributed by atoms with Gasteiger partial charge in [0.2, 0.25) is 0 Å². The van der Waals surface area contributed by atoms with Crippen LogP contribution < -0.4 is 10.1 Å². The molecule has 2 aromatic rings. The van der Waals surface area contributed by atoms with Crippen LogP contribution in [0.3, 0.4) is 0 Å². The molecule has 106 valence electrons.